The van der Waals surface area contributed by atoms with Crippen LogP contribution in [0.5, 0.6) is 0 Å². The van der Waals surface area contributed by atoms with Crippen LogP contribution in [0.4, 0.5) is 13.6 Å². The van der Waals surface area contributed by atoms with Crippen LogP contribution in [0.15, 0.2) is 18.2 Å². The molecule has 0 bridgehead atoms. The van der Waals surface area contributed by atoms with Crippen LogP contribution in [0.2, 0.25) is 0 Å². The normalized spacial score (nSPS) is 10.1. The van der Waals surface area contributed by atoms with Crippen LogP contribution in [0, 0.1) is 11.6 Å². The first kappa shape index (κ1) is 17.9. The molecule has 22 heavy (non-hydrogen) atoms. The molecule has 0 spiro atoms. The van der Waals surface area contributed by atoms with Crippen LogP contribution < -0.4 is 10.6 Å². The van der Waals surface area contributed by atoms with Gasteiger partial charge in [-0.15, -0.1) is 0 Å². The van der Waals surface area contributed by atoms with Crippen molar-refractivity contribution in [2.75, 3.05) is 20.2 Å². The lowest BCUT2D eigenvalue weighted by atomic mass is 10.1. The summed E-state index contributed by atoms with van der Waals surface area (Å²) in [5, 5.41) is 5.12. The highest BCUT2D eigenvalue weighted by Crippen LogP contribution is 2.11. The van der Waals surface area contributed by atoms with Gasteiger partial charge in [0.05, 0.1) is 7.11 Å². The Balaban J connectivity index is 2.15. The molecular formula is C15H20F2N2O3. The van der Waals surface area contributed by atoms with E-state index in [1.807, 2.05) is 0 Å². The third-order valence-corrected chi connectivity index (χ3v) is 3.04. The van der Waals surface area contributed by atoms with Gasteiger partial charge in [-0.25, -0.2) is 13.6 Å². The lowest BCUT2D eigenvalue weighted by molar-refractivity contribution is -0.140. The number of unbranched alkanes of at least 4 members (excludes halogenated alkanes) is 1. The van der Waals surface area contributed by atoms with Crippen LogP contribution in [0.25, 0.3) is 0 Å². The number of hydrogen-bond acceptors (Lipinski definition) is 3. The number of halogens is 2. The number of urea groups is 1. The number of ether oxygens (including phenoxy) is 1. The lowest BCUT2D eigenvalue weighted by Gasteiger charge is -2.08. The number of carbonyl (C=O) groups is 2. The van der Waals surface area contributed by atoms with E-state index in [0.717, 1.165) is 0 Å². The van der Waals surface area contributed by atoms with E-state index in [9.17, 15) is 18.4 Å². The maximum absolute atomic E-state index is 13.4. The predicted molar refractivity (Wildman–Crippen MR) is 77.3 cm³/mol. The van der Waals surface area contributed by atoms with Crippen molar-refractivity contribution in [3.8, 4) is 0 Å². The molecule has 0 unspecified atom stereocenters. The Hall–Kier alpha value is -2.18. The van der Waals surface area contributed by atoms with Gasteiger partial charge in [0.1, 0.15) is 11.6 Å². The quantitative estimate of drug-likeness (QED) is 0.571. The van der Waals surface area contributed by atoms with Crippen LogP contribution >= 0.6 is 0 Å². The largest absolute Gasteiger partial charge is 0.469 e. The van der Waals surface area contributed by atoms with E-state index in [-0.39, 0.29) is 24.5 Å². The molecule has 1 aromatic carbocycles. The molecule has 1 aromatic rings. The summed E-state index contributed by atoms with van der Waals surface area (Å²) in [7, 11) is 1.33. The minimum Gasteiger partial charge on any atom is -0.469 e. The monoisotopic (exact) mass is 314 g/mol. The number of methoxy groups -OCH3 is 1. The summed E-state index contributed by atoms with van der Waals surface area (Å²) in [5.74, 6) is -1.52. The van der Waals surface area contributed by atoms with Gasteiger partial charge in [0, 0.05) is 25.1 Å². The van der Waals surface area contributed by atoms with Crippen LogP contribution in [-0.4, -0.2) is 32.2 Å². The molecule has 0 saturated carbocycles. The van der Waals surface area contributed by atoms with Gasteiger partial charge in [0.2, 0.25) is 0 Å². The zero-order valence-corrected chi connectivity index (χ0v) is 12.5. The molecule has 0 aliphatic rings. The van der Waals surface area contributed by atoms with E-state index < -0.39 is 17.7 Å². The minimum atomic E-state index is -0.620. The van der Waals surface area contributed by atoms with Crippen molar-refractivity contribution in [2.45, 2.75) is 25.7 Å². The first-order valence-electron chi connectivity index (χ1n) is 7.06. The number of rotatable bonds is 8. The molecule has 0 aliphatic carbocycles. The number of nitrogens with one attached hydrogen (secondary N) is 2. The zero-order valence-electron chi connectivity index (χ0n) is 12.5. The zero-order chi connectivity index (χ0) is 16.4. The summed E-state index contributed by atoms with van der Waals surface area (Å²) in [5.41, 5.74) is -0.0409. The van der Waals surface area contributed by atoms with Gasteiger partial charge < -0.3 is 15.4 Å². The van der Waals surface area contributed by atoms with Gasteiger partial charge in [-0.2, -0.15) is 0 Å². The van der Waals surface area contributed by atoms with Crippen LogP contribution in [-0.2, 0) is 16.0 Å². The first-order valence-corrected chi connectivity index (χ1v) is 7.06. The van der Waals surface area contributed by atoms with E-state index in [2.05, 4.69) is 15.4 Å². The van der Waals surface area contributed by atoms with Gasteiger partial charge in [-0.3, -0.25) is 4.79 Å². The second-order valence-electron chi connectivity index (χ2n) is 4.67. The first-order chi connectivity index (χ1) is 10.5. The maximum Gasteiger partial charge on any atom is 0.314 e. The van der Waals surface area contributed by atoms with Crippen molar-refractivity contribution in [1.29, 1.82) is 0 Å². The molecular weight excluding hydrogens is 294 g/mol. The number of esters is 1. The second kappa shape index (κ2) is 9.70. The van der Waals surface area contributed by atoms with Crippen molar-refractivity contribution < 1.29 is 23.1 Å². The average Bonchev–Trinajstić information content (AvgIpc) is 2.49. The smallest absolute Gasteiger partial charge is 0.314 e. The van der Waals surface area contributed by atoms with Crippen molar-refractivity contribution in [1.82, 2.24) is 10.6 Å². The Kier molecular flexibility index (Phi) is 7.88. The SMILES string of the molecule is COC(=O)CCCCNC(=O)NCCc1c(F)cccc1F. The van der Waals surface area contributed by atoms with Crippen LogP contribution in [0.1, 0.15) is 24.8 Å². The maximum atomic E-state index is 13.4. The molecule has 1 rings (SSSR count). The molecule has 0 radical (unpaired) electrons. The fraction of sp³-hybridized carbons (Fsp3) is 0.467. The van der Waals surface area contributed by atoms with Gasteiger partial charge in [0.25, 0.3) is 0 Å². The van der Waals surface area contributed by atoms with Gasteiger partial charge in [0.15, 0.2) is 0 Å². The second-order valence-corrected chi connectivity index (χ2v) is 4.67. The fourth-order valence-electron chi connectivity index (χ4n) is 1.83. The highest BCUT2D eigenvalue weighted by atomic mass is 19.1. The molecule has 5 nitrogen and oxygen atoms in total. The third-order valence-electron chi connectivity index (χ3n) is 3.04. The van der Waals surface area contributed by atoms with Gasteiger partial charge >= 0.3 is 12.0 Å². The van der Waals surface area contributed by atoms with Gasteiger partial charge in [-0.1, -0.05) is 6.07 Å². The van der Waals surface area contributed by atoms with Crippen molar-refractivity contribution >= 4 is 12.0 Å². The Labute approximate surface area is 128 Å². The van der Waals surface area contributed by atoms with Crippen molar-refractivity contribution in [2.24, 2.45) is 0 Å². The Morgan fingerprint density at radius 1 is 1.09 bits per heavy atom. The summed E-state index contributed by atoms with van der Waals surface area (Å²) in [6.07, 6.45) is 1.65. The molecule has 2 amide bonds. The topological polar surface area (TPSA) is 67.4 Å². The van der Waals surface area contributed by atoms with E-state index in [1.165, 1.54) is 25.3 Å². The number of hydrogen-bond donors (Lipinski definition) is 2. The van der Waals surface area contributed by atoms with E-state index >= 15 is 0 Å². The van der Waals surface area contributed by atoms with E-state index in [1.54, 1.807) is 0 Å². The molecule has 0 aliphatic heterocycles. The molecule has 0 heterocycles. The number of amides is 2. The highest BCUT2D eigenvalue weighted by Gasteiger charge is 2.08. The van der Waals surface area contributed by atoms with Gasteiger partial charge in [-0.05, 0) is 31.4 Å². The third kappa shape index (κ3) is 6.51. The predicted octanol–water partition coefficient (Wildman–Crippen LogP) is 2.15. The fourth-order valence-corrected chi connectivity index (χ4v) is 1.83. The standard InChI is InChI=1S/C15H20F2N2O3/c1-22-14(20)7-2-3-9-18-15(21)19-10-8-11-12(16)5-4-6-13(11)17/h4-6H,2-3,7-10H2,1H3,(H2,18,19,21). The summed E-state index contributed by atoms with van der Waals surface area (Å²) < 4.78 is 31.2. The highest BCUT2D eigenvalue weighted by molar-refractivity contribution is 5.73. The lowest BCUT2D eigenvalue weighted by Crippen LogP contribution is -2.37. The average molecular weight is 314 g/mol. The van der Waals surface area contributed by atoms with Crippen LogP contribution in [0.3, 0.4) is 0 Å². The molecule has 0 atom stereocenters. The summed E-state index contributed by atoms with van der Waals surface area (Å²) in [6, 6.07) is 3.25. The Morgan fingerprint density at radius 3 is 2.36 bits per heavy atom. The number of carbonyl (C=O) groups excluding carboxylic acids is 2. The minimum absolute atomic E-state index is 0.0409. The molecule has 122 valence electrons. The molecule has 0 aromatic heterocycles. The summed E-state index contributed by atoms with van der Waals surface area (Å²) in [4.78, 5) is 22.3. The molecule has 0 fully saturated rings. The van der Waals surface area contributed by atoms with E-state index in [0.29, 0.717) is 25.8 Å². The summed E-state index contributed by atoms with van der Waals surface area (Å²) >= 11 is 0. The van der Waals surface area contributed by atoms with E-state index in [4.69, 9.17) is 0 Å². The Morgan fingerprint density at radius 2 is 1.73 bits per heavy atom. The summed E-state index contributed by atoms with van der Waals surface area (Å²) in [6.45, 7) is 0.544. The molecule has 2 N–H and O–H groups in total. The van der Waals surface area contributed by atoms with Crippen molar-refractivity contribution in [3.63, 3.8) is 0 Å². The number of benzene rings is 1. The molecule has 0 saturated heterocycles. The Bertz CT molecular complexity index is 489. The molecule has 7 heteroatoms. The van der Waals surface area contributed by atoms with Crippen molar-refractivity contribution in [3.05, 3.63) is 35.4 Å².